The lowest BCUT2D eigenvalue weighted by Crippen LogP contribution is -2.43. The quantitative estimate of drug-likeness (QED) is 0.618. The van der Waals surface area contributed by atoms with Gasteiger partial charge >= 0.3 is 12.0 Å². The number of halogens is 1. The van der Waals surface area contributed by atoms with Crippen LogP contribution >= 0.6 is 0 Å². The van der Waals surface area contributed by atoms with Crippen LogP contribution in [0.15, 0.2) is 18.2 Å². The van der Waals surface area contributed by atoms with Crippen LogP contribution in [-0.4, -0.2) is 42.0 Å². The Hall–Kier alpha value is -2.35. The van der Waals surface area contributed by atoms with E-state index >= 15 is 0 Å². The lowest BCUT2D eigenvalue weighted by molar-refractivity contribution is -0.139. The Labute approximate surface area is 114 Å². The number of aliphatic hydroxyl groups is 1. The largest absolute Gasteiger partial charge is 0.497 e. The van der Waals surface area contributed by atoms with E-state index in [1.165, 1.54) is 19.2 Å². The molecule has 1 rings (SSSR count). The summed E-state index contributed by atoms with van der Waals surface area (Å²) in [6.45, 7) is -0.398. The summed E-state index contributed by atoms with van der Waals surface area (Å²) in [6, 6.07) is 1.60. The van der Waals surface area contributed by atoms with E-state index in [2.05, 4.69) is 10.6 Å². The van der Waals surface area contributed by atoms with Gasteiger partial charge < -0.3 is 25.6 Å². The number of hydrogen-bond donors (Lipinski definition) is 4. The first-order valence-corrected chi connectivity index (χ1v) is 5.72. The highest BCUT2D eigenvalue weighted by molar-refractivity contribution is 5.92. The molecular weight excluding hydrogens is 271 g/mol. The van der Waals surface area contributed by atoms with Crippen molar-refractivity contribution in [3.63, 3.8) is 0 Å². The zero-order valence-corrected chi connectivity index (χ0v) is 10.7. The first-order valence-electron chi connectivity index (χ1n) is 5.72. The number of urea groups is 1. The Morgan fingerprint density at radius 3 is 2.70 bits per heavy atom. The van der Waals surface area contributed by atoms with E-state index in [1.54, 1.807) is 0 Å². The molecule has 0 spiro atoms. The number of nitrogens with one attached hydrogen (secondary N) is 2. The molecule has 0 saturated carbocycles. The SMILES string of the molecule is COc1ccc(F)c(NC(=O)N[C@H](CCO)C(=O)O)c1. The van der Waals surface area contributed by atoms with E-state index in [1.807, 2.05) is 0 Å². The van der Waals surface area contributed by atoms with E-state index in [0.29, 0.717) is 5.75 Å². The molecule has 1 aromatic rings. The number of hydrogen-bond acceptors (Lipinski definition) is 4. The molecule has 0 aliphatic heterocycles. The average molecular weight is 286 g/mol. The van der Waals surface area contributed by atoms with Crippen LogP contribution in [0.25, 0.3) is 0 Å². The van der Waals surface area contributed by atoms with Crippen molar-refractivity contribution in [2.24, 2.45) is 0 Å². The molecule has 2 amide bonds. The van der Waals surface area contributed by atoms with Crippen molar-refractivity contribution in [2.75, 3.05) is 19.0 Å². The van der Waals surface area contributed by atoms with Crippen LogP contribution in [0.1, 0.15) is 6.42 Å². The Morgan fingerprint density at radius 1 is 1.45 bits per heavy atom. The standard InChI is InChI=1S/C12H15FN2O5/c1-20-7-2-3-8(13)10(6-7)15-12(19)14-9(4-5-16)11(17)18/h2-3,6,9,16H,4-5H2,1H3,(H,17,18)(H2,14,15,19)/t9-/m1/s1. The predicted octanol–water partition coefficient (Wildman–Crippen LogP) is 0.791. The fraction of sp³-hybridized carbons (Fsp3) is 0.333. The molecule has 110 valence electrons. The highest BCUT2D eigenvalue weighted by atomic mass is 19.1. The molecule has 0 aliphatic carbocycles. The van der Waals surface area contributed by atoms with Gasteiger partial charge in [-0.3, -0.25) is 0 Å². The summed E-state index contributed by atoms with van der Waals surface area (Å²) in [6.07, 6.45) is -0.149. The first-order chi connectivity index (χ1) is 9.47. The van der Waals surface area contributed by atoms with Gasteiger partial charge in [-0.25, -0.2) is 14.0 Å². The number of aliphatic carboxylic acids is 1. The third-order valence-electron chi connectivity index (χ3n) is 2.44. The lowest BCUT2D eigenvalue weighted by Gasteiger charge is -2.14. The molecule has 1 aromatic carbocycles. The van der Waals surface area contributed by atoms with Crippen LogP contribution in [0.2, 0.25) is 0 Å². The van der Waals surface area contributed by atoms with E-state index in [-0.39, 0.29) is 12.1 Å². The van der Waals surface area contributed by atoms with Crippen LogP contribution in [0.4, 0.5) is 14.9 Å². The van der Waals surface area contributed by atoms with Gasteiger partial charge in [0.2, 0.25) is 0 Å². The fourth-order valence-electron chi connectivity index (χ4n) is 1.43. The second-order valence-corrected chi connectivity index (χ2v) is 3.85. The van der Waals surface area contributed by atoms with Gasteiger partial charge in [0.15, 0.2) is 0 Å². The number of carbonyl (C=O) groups is 2. The van der Waals surface area contributed by atoms with Crippen molar-refractivity contribution < 1.29 is 28.9 Å². The molecule has 1 atom stereocenters. The predicted molar refractivity (Wildman–Crippen MR) is 68.2 cm³/mol. The van der Waals surface area contributed by atoms with Crippen molar-refractivity contribution in [3.8, 4) is 5.75 Å². The highest BCUT2D eigenvalue weighted by Crippen LogP contribution is 2.20. The number of aliphatic hydroxyl groups excluding tert-OH is 1. The summed E-state index contributed by atoms with van der Waals surface area (Å²) in [5.41, 5.74) is -0.144. The van der Waals surface area contributed by atoms with Gasteiger partial charge in [-0.05, 0) is 12.1 Å². The molecule has 4 N–H and O–H groups in total. The Morgan fingerprint density at radius 2 is 2.15 bits per heavy atom. The van der Waals surface area contributed by atoms with Gasteiger partial charge in [-0.1, -0.05) is 0 Å². The molecule has 0 fully saturated rings. The Balaban J connectivity index is 2.72. The third-order valence-corrected chi connectivity index (χ3v) is 2.44. The molecule has 0 radical (unpaired) electrons. The number of carbonyl (C=O) groups excluding carboxylic acids is 1. The number of methoxy groups -OCH3 is 1. The van der Waals surface area contributed by atoms with Crippen molar-refractivity contribution in [1.82, 2.24) is 5.32 Å². The summed E-state index contributed by atoms with van der Waals surface area (Å²) in [7, 11) is 1.39. The molecule has 8 heteroatoms. The van der Waals surface area contributed by atoms with Gasteiger partial charge in [0.1, 0.15) is 17.6 Å². The van der Waals surface area contributed by atoms with E-state index in [4.69, 9.17) is 14.9 Å². The number of carboxylic acid groups (broad SMARTS) is 1. The highest BCUT2D eigenvalue weighted by Gasteiger charge is 2.19. The average Bonchev–Trinajstić information content (AvgIpc) is 2.40. The van der Waals surface area contributed by atoms with Crippen molar-refractivity contribution >= 4 is 17.7 Å². The number of ether oxygens (including phenoxy) is 1. The maximum absolute atomic E-state index is 13.5. The van der Waals surface area contributed by atoms with Crippen LogP contribution < -0.4 is 15.4 Å². The smallest absolute Gasteiger partial charge is 0.326 e. The normalized spacial score (nSPS) is 11.6. The molecule has 0 aliphatic rings. The number of benzene rings is 1. The van der Waals surface area contributed by atoms with Crippen molar-refractivity contribution in [1.29, 1.82) is 0 Å². The second kappa shape index (κ2) is 7.29. The van der Waals surface area contributed by atoms with E-state index in [9.17, 15) is 14.0 Å². The summed E-state index contributed by atoms with van der Waals surface area (Å²) in [5, 5.41) is 21.8. The van der Waals surface area contributed by atoms with Crippen molar-refractivity contribution in [2.45, 2.75) is 12.5 Å². The number of amides is 2. The maximum atomic E-state index is 13.5. The third kappa shape index (κ3) is 4.39. The van der Waals surface area contributed by atoms with Crippen LogP contribution in [0, 0.1) is 5.82 Å². The van der Waals surface area contributed by atoms with Gasteiger partial charge in [0, 0.05) is 19.1 Å². The van der Waals surface area contributed by atoms with Gasteiger partial charge in [0.25, 0.3) is 0 Å². The fourth-order valence-corrected chi connectivity index (χ4v) is 1.43. The summed E-state index contributed by atoms with van der Waals surface area (Å²) >= 11 is 0. The van der Waals surface area contributed by atoms with Gasteiger partial charge in [0.05, 0.1) is 12.8 Å². The minimum Gasteiger partial charge on any atom is -0.497 e. The van der Waals surface area contributed by atoms with Crippen molar-refractivity contribution in [3.05, 3.63) is 24.0 Å². The molecule has 7 nitrogen and oxygen atoms in total. The molecule has 0 unspecified atom stereocenters. The molecule has 0 saturated heterocycles. The Bertz CT molecular complexity index is 495. The maximum Gasteiger partial charge on any atom is 0.326 e. The topological polar surface area (TPSA) is 108 Å². The van der Waals surface area contributed by atoms with E-state index < -0.39 is 30.5 Å². The minimum atomic E-state index is -1.29. The molecule has 0 aromatic heterocycles. The molecule has 0 bridgehead atoms. The number of rotatable bonds is 6. The van der Waals surface area contributed by atoms with E-state index in [0.717, 1.165) is 6.07 Å². The summed E-state index contributed by atoms with van der Waals surface area (Å²) in [5.74, 6) is -1.64. The molecular formula is C12H15FN2O5. The second-order valence-electron chi connectivity index (χ2n) is 3.85. The molecule has 20 heavy (non-hydrogen) atoms. The lowest BCUT2D eigenvalue weighted by atomic mass is 10.2. The Kier molecular flexibility index (Phi) is 5.73. The van der Waals surface area contributed by atoms with Crippen LogP contribution in [0.5, 0.6) is 5.75 Å². The zero-order chi connectivity index (χ0) is 15.1. The first kappa shape index (κ1) is 15.7. The number of carboxylic acids is 1. The number of anilines is 1. The minimum absolute atomic E-state index is 0.144. The van der Waals surface area contributed by atoms with Gasteiger partial charge in [-0.15, -0.1) is 0 Å². The monoisotopic (exact) mass is 286 g/mol. The van der Waals surface area contributed by atoms with Crippen LogP contribution in [0.3, 0.4) is 0 Å². The summed E-state index contributed by atoms with van der Waals surface area (Å²) < 4.78 is 18.3. The zero-order valence-electron chi connectivity index (χ0n) is 10.7. The summed E-state index contributed by atoms with van der Waals surface area (Å²) in [4.78, 5) is 22.4. The van der Waals surface area contributed by atoms with Crippen LogP contribution in [-0.2, 0) is 4.79 Å². The molecule has 0 heterocycles. The van der Waals surface area contributed by atoms with Gasteiger partial charge in [-0.2, -0.15) is 0 Å².